The van der Waals surface area contributed by atoms with Crippen LogP contribution in [0.1, 0.15) is 0 Å². The molecular weight excluding hydrogens is 910 g/mol. The lowest BCUT2D eigenvalue weighted by Gasteiger charge is -2.37. The van der Waals surface area contributed by atoms with Gasteiger partial charge in [-0.2, -0.15) is 0 Å². The van der Waals surface area contributed by atoms with E-state index in [1.54, 1.807) is 9.80 Å². The van der Waals surface area contributed by atoms with Crippen LogP contribution in [-0.4, -0.2) is 336 Å². The number of carboxylic acids is 6. The van der Waals surface area contributed by atoms with E-state index in [0.29, 0.717) is 0 Å². The van der Waals surface area contributed by atoms with Gasteiger partial charge in [-0.3, -0.25) is 44.1 Å². The molecule has 28 heteroatoms. The normalized spacial score (nSPS) is 21.5. The summed E-state index contributed by atoms with van der Waals surface area (Å²) in [5.41, 5.74) is 0. The molecule has 2 aliphatic heterocycles. The second-order valence-corrected chi connectivity index (χ2v) is 17.3. The van der Waals surface area contributed by atoms with E-state index in [-0.39, 0.29) is 131 Å². The van der Waals surface area contributed by atoms with E-state index in [1.165, 1.54) is 34.3 Å². The van der Waals surface area contributed by atoms with Crippen molar-refractivity contribution in [2.45, 2.75) is 36.6 Å². The summed E-state index contributed by atoms with van der Waals surface area (Å²) in [5, 5.41) is 144. The SMILES string of the molecule is O=C([O-])CN1CCN(CC(=O)[O-])CCN(CC(O)CN(CC(O)CN2CCN(CC(=O)[O-])CCN(CC(=O)[O-])CCN(CC(=O)[O-])CC2)CC(O)C(O)C(O)C(O)CO)CCN(CC(=O)[O-])CC1. The van der Waals surface area contributed by atoms with Gasteiger partial charge < -0.3 is 95.2 Å². The summed E-state index contributed by atoms with van der Waals surface area (Å²) in [6.07, 6.45) is -10.4. The third-order valence-electron chi connectivity index (χ3n) is 11.6. The van der Waals surface area contributed by atoms with Crippen LogP contribution in [0.5, 0.6) is 0 Å². The Hall–Kier alpha value is -3.82. The molecule has 0 aromatic carbocycles. The minimum Gasteiger partial charge on any atom is -0.549 e. The number of hydrogen-bond donors (Lipinski definition) is 7. The van der Waals surface area contributed by atoms with Crippen molar-refractivity contribution in [3.63, 3.8) is 0 Å². The van der Waals surface area contributed by atoms with Crippen molar-refractivity contribution in [1.82, 2.24) is 44.1 Å². The van der Waals surface area contributed by atoms with Crippen LogP contribution in [-0.2, 0) is 28.8 Å². The highest BCUT2D eigenvalue weighted by Gasteiger charge is 2.32. The minimum atomic E-state index is -2.03. The molecule has 2 saturated heterocycles. The van der Waals surface area contributed by atoms with Gasteiger partial charge in [-0.25, -0.2) is 0 Å². The first-order chi connectivity index (χ1) is 32.0. The molecule has 0 aromatic rings. The number of rotatable bonds is 26. The molecule has 0 radical (unpaired) electrons. The monoisotopic (exact) mass is 979 g/mol. The van der Waals surface area contributed by atoms with E-state index >= 15 is 0 Å². The van der Waals surface area contributed by atoms with Gasteiger partial charge >= 0.3 is 0 Å². The molecule has 7 N–H and O–H groups in total. The summed E-state index contributed by atoms with van der Waals surface area (Å²) in [6.45, 7) is -4.17. The number of carboxylic acid groups (broad SMARTS) is 6. The zero-order valence-corrected chi connectivity index (χ0v) is 38.3. The Morgan fingerprint density at radius 1 is 0.353 bits per heavy atom. The van der Waals surface area contributed by atoms with Crippen LogP contribution < -0.4 is 30.6 Å². The molecule has 0 spiro atoms. The fourth-order valence-corrected chi connectivity index (χ4v) is 8.03. The van der Waals surface area contributed by atoms with Crippen LogP contribution in [0.2, 0.25) is 0 Å². The Morgan fingerprint density at radius 2 is 0.559 bits per heavy atom. The average molecular weight is 980 g/mol. The number of carbonyl (C=O) groups excluding carboxylic acids is 6. The van der Waals surface area contributed by atoms with E-state index in [4.69, 9.17) is 0 Å². The van der Waals surface area contributed by atoms with Gasteiger partial charge in [-0.05, 0) is 0 Å². The number of aliphatic hydroxyl groups excluding tert-OH is 7. The molecule has 28 nitrogen and oxygen atoms in total. The second kappa shape index (κ2) is 32.1. The number of hydrogen-bond acceptors (Lipinski definition) is 28. The summed E-state index contributed by atoms with van der Waals surface area (Å²) in [7, 11) is 0. The molecule has 0 amide bonds. The van der Waals surface area contributed by atoms with Crippen LogP contribution in [0.25, 0.3) is 0 Å². The number of aliphatic carboxylic acids is 6. The average Bonchev–Trinajstić information content (AvgIpc) is 3.23. The van der Waals surface area contributed by atoms with E-state index in [9.17, 15) is 95.2 Å². The fraction of sp³-hybridized carbons (Fsp3) is 0.850. The second-order valence-electron chi connectivity index (χ2n) is 17.3. The van der Waals surface area contributed by atoms with E-state index in [2.05, 4.69) is 0 Å². The number of β-amino-alcohol motifs (C(OH)–C–C–N with tert-alkyl or cyclic N) is 2. The summed E-state index contributed by atoms with van der Waals surface area (Å²) in [5.74, 6) is -8.38. The first-order valence-electron chi connectivity index (χ1n) is 22.4. The van der Waals surface area contributed by atoms with Crippen LogP contribution in [0, 0.1) is 0 Å². The Morgan fingerprint density at radius 3 is 0.765 bits per heavy atom. The lowest BCUT2D eigenvalue weighted by atomic mass is 10.0. The first-order valence-corrected chi connectivity index (χ1v) is 22.4. The number of nitrogens with zero attached hydrogens (tertiary/aromatic N) is 9. The number of carbonyl (C=O) groups is 6. The molecule has 2 fully saturated rings. The Kier molecular flexibility index (Phi) is 28.5. The molecule has 0 aliphatic carbocycles. The highest BCUT2D eigenvalue weighted by atomic mass is 16.4. The highest BCUT2D eigenvalue weighted by molar-refractivity contribution is 5.68. The van der Waals surface area contributed by atoms with Gasteiger partial charge in [-0.15, -0.1) is 0 Å². The number of aliphatic hydroxyl groups is 7. The molecule has 6 unspecified atom stereocenters. The molecule has 2 rings (SSSR count). The highest BCUT2D eigenvalue weighted by Crippen LogP contribution is 2.11. The summed E-state index contributed by atoms with van der Waals surface area (Å²) in [6, 6.07) is 0. The van der Waals surface area contributed by atoms with Crippen molar-refractivity contribution in [1.29, 1.82) is 0 Å². The summed E-state index contributed by atoms with van der Waals surface area (Å²) < 4.78 is 0. The molecule has 68 heavy (non-hydrogen) atoms. The van der Waals surface area contributed by atoms with Crippen molar-refractivity contribution >= 4 is 35.8 Å². The van der Waals surface area contributed by atoms with Crippen molar-refractivity contribution in [3.8, 4) is 0 Å². The molecule has 0 aromatic heterocycles. The van der Waals surface area contributed by atoms with Crippen LogP contribution in [0.15, 0.2) is 0 Å². The van der Waals surface area contributed by atoms with Gasteiger partial charge in [0.05, 0.1) is 60.7 Å². The molecule has 6 atom stereocenters. The predicted molar refractivity (Wildman–Crippen MR) is 221 cm³/mol. The van der Waals surface area contributed by atoms with Gasteiger partial charge in [0.25, 0.3) is 0 Å². The zero-order chi connectivity index (χ0) is 50.9. The Bertz CT molecular complexity index is 1390. The Labute approximate surface area is 394 Å². The van der Waals surface area contributed by atoms with Crippen molar-refractivity contribution in [2.75, 3.05) is 183 Å². The largest absolute Gasteiger partial charge is 0.549 e. The van der Waals surface area contributed by atoms with E-state index in [0.717, 1.165) is 0 Å². The summed E-state index contributed by atoms with van der Waals surface area (Å²) in [4.78, 5) is 83.1. The fourth-order valence-electron chi connectivity index (χ4n) is 8.03. The maximum absolute atomic E-state index is 11.6. The zero-order valence-electron chi connectivity index (χ0n) is 38.3. The van der Waals surface area contributed by atoms with E-state index in [1.807, 2.05) is 0 Å². The molecule has 2 aliphatic rings. The van der Waals surface area contributed by atoms with Crippen LogP contribution in [0.4, 0.5) is 0 Å². The maximum atomic E-state index is 11.6. The van der Waals surface area contributed by atoms with Gasteiger partial charge in [0, 0.05) is 177 Å². The molecule has 0 bridgehead atoms. The van der Waals surface area contributed by atoms with Gasteiger partial charge in [0.1, 0.15) is 18.3 Å². The maximum Gasteiger partial charge on any atom is 0.111 e. The smallest absolute Gasteiger partial charge is 0.111 e. The lowest BCUT2D eigenvalue weighted by Crippen LogP contribution is -2.54. The van der Waals surface area contributed by atoms with Gasteiger partial charge in [0.2, 0.25) is 0 Å². The van der Waals surface area contributed by atoms with Gasteiger partial charge in [-0.1, -0.05) is 0 Å². The topological polar surface area (TPSA) is 412 Å². The molecular formula is C40H69N9O19-6. The third-order valence-corrected chi connectivity index (χ3v) is 11.6. The molecule has 394 valence electrons. The standard InChI is InChI=1S/C40H75N9O19/c50-28-32(54)40(68)39(67)31(53)21-49(19-29(51)17-41-1-5-43(22-33(55)56)9-13-47(26-37(63)64)14-10-44(6-2-41)23-34(57)58)20-30(52)18-42-3-7-45(24-35(59)60)11-15-48(27-38(65)66)16-12-46(8-4-42)25-36(61)62/h29-32,39-40,50-54,67-68H,1-28H2,(H,55,56)(H,57,58)(H,59,60)(H,61,62)(H,63,64)(H,65,66)/p-6. The molecule has 2 heterocycles. The molecule has 0 saturated carbocycles. The van der Waals surface area contributed by atoms with Gasteiger partial charge in [0.15, 0.2) is 0 Å². The predicted octanol–water partition coefficient (Wildman–Crippen LogP) is -16.6. The van der Waals surface area contributed by atoms with E-state index < -0.39 is 125 Å². The summed E-state index contributed by atoms with van der Waals surface area (Å²) >= 11 is 0. The van der Waals surface area contributed by atoms with Crippen molar-refractivity contribution < 1.29 is 95.2 Å². The Balaban J connectivity index is 2.38. The lowest BCUT2D eigenvalue weighted by molar-refractivity contribution is -0.308. The third kappa shape index (κ3) is 26.2. The quantitative estimate of drug-likeness (QED) is 0.0423. The minimum absolute atomic E-state index is 0.0742. The van der Waals surface area contributed by atoms with Crippen molar-refractivity contribution in [2.24, 2.45) is 0 Å². The van der Waals surface area contributed by atoms with Crippen LogP contribution in [0.3, 0.4) is 0 Å². The van der Waals surface area contributed by atoms with Crippen LogP contribution >= 0.6 is 0 Å². The van der Waals surface area contributed by atoms with Crippen molar-refractivity contribution in [3.05, 3.63) is 0 Å². The first kappa shape index (κ1) is 60.3.